The van der Waals surface area contributed by atoms with E-state index in [1.807, 2.05) is 13.8 Å². The first-order valence-corrected chi connectivity index (χ1v) is 7.76. The highest BCUT2D eigenvalue weighted by atomic mass is 127. The van der Waals surface area contributed by atoms with Crippen molar-refractivity contribution in [3.05, 3.63) is 0 Å². The summed E-state index contributed by atoms with van der Waals surface area (Å²) in [6, 6.07) is 0. The van der Waals surface area contributed by atoms with Gasteiger partial charge in [-0.15, -0.1) is 0 Å². The molecule has 1 atom stereocenters. The molecule has 1 N–H and O–H groups in total. The zero-order chi connectivity index (χ0) is 12.7. The maximum atomic E-state index is 9.82. The Morgan fingerprint density at radius 3 is 1.94 bits per heavy atom. The standard InChI is InChI=1S/C14H29IO/c1-5-6-7-8-9-10-11-14(4,15)12-13(2,3)16/h16H,5-12H2,1-4H3. The molecule has 0 spiro atoms. The topological polar surface area (TPSA) is 20.2 Å². The summed E-state index contributed by atoms with van der Waals surface area (Å²) in [7, 11) is 0. The molecule has 0 heterocycles. The summed E-state index contributed by atoms with van der Waals surface area (Å²) in [4.78, 5) is 0. The van der Waals surface area contributed by atoms with Gasteiger partial charge in [0.2, 0.25) is 0 Å². The number of rotatable bonds is 9. The Labute approximate surface area is 116 Å². The number of aliphatic hydroxyl groups is 1. The van der Waals surface area contributed by atoms with Crippen LogP contribution in [-0.4, -0.2) is 14.1 Å². The van der Waals surface area contributed by atoms with Gasteiger partial charge in [0.05, 0.1) is 5.60 Å². The highest BCUT2D eigenvalue weighted by Crippen LogP contribution is 2.33. The van der Waals surface area contributed by atoms with Crippen LogP contribution in [0, 0.1) is 0 Å². The van der Waals surface area contributed by atoms with E-state index in [0.29, 0.717) is 0 Å². The fourth-order valence-electron chi connectivity index (χ4n) is 2.26. The number of unbranched alkanes of at least 4 members (excludes halogenated alkanes) is 5. The Kier molecular flexibility index (Phi) is 8.25. The van der Waals surface area contributed by atoms with Gasteiger partial charge in [-0.3, -0.25) is 0 Å². The largest absolute Gasteiger partial charge is 0.390 e. The maximum absolute atomic E-state index is 9.82. The second-order valence-electron chi connectivity index (χ2n) is 5.92. The molecule has 0 fully saturated rings. The molecule has 0 aromatic carbocycles. The molecule has 0 bridgehead atoms. The SMILES string of the molecule is CCCCCCCCC(C)(I)CC(C)(C)O. The van der Waals surface area contributed by atoms with Crippen LogP contribution >= 0.6 is 22.6 Å². The van der Waals surface area contributed by atoms with Crippen LogP contribution in [0.1, 0.15) is 79.1 Å². The van der Waals surface area contributed by atoms with E-state index in [1.165, 1.54) is 44.9 Å². The summed E-state index contributed by atoms with van der Waals surface area (Å²) in [5.74, 6) is 0. The van der Waals surface area contributed by atoms with E-state index in [4.69, 9.17) is 0 Å². The van der Waals surface area contributed by atoms with Gasteiger partial charge in [0.15, 0.2) is 0 Å². The van der Waals surface area contributed by atoms with Crippen LogP contribution in [0.4, 0.5) is 0 Å². The summed E-state index contributed by atoms with van der Waals surface area (Å²) < 4.78 is 0.251. The summed E-state index contributed by atoms with van der Waals surface area (Å²) in [6.07, 6.45) is 10.2. The van der Waals surface area contributed by atoms with E-state index in [9.17, 15) is 5.11 Å². The van der Waals surface area contributed by atoms with Crippen molar-refractivity contribution in [2.75, 3.05) is 0 Å². The second kappa shape index (κ2) is 7.91. The Bertz CT molecular complexity index is 170. The number of halogens is 1. The quantitative estimate of drug-likeness (QED) is 0.352. The highest BCUT2D eigenvalue weighted by molar-refractivity contribution is 14.1. The van der Waals surface area contributed by atoms with Crippen LogP contribution in [0.2, 0.25) is 0 Å². The van der Waals surface area contributed by atoms with Crippen molar-refractivity contribution in [3.8, 4) is 0 Å². The van der Waals surface area contributed by atoms with Crippen molar-refractivity contribution >= 4 is 22.6 Å². The van der Waals surface area contributed by atoms with E-state index in [1.54, 1.807) is 0 Å². The van der Waals surface area contributed by atoms with Gasteiger partial charge in [-0.05, 0) is 26.7 Å². The average Bonchev–Trinajstić information content (AvgIpc) is 2.06. The molecule has 0 radical (unpaired) electrons. The smallest absolute Gasteiger partial charge is 0.0604 e. The lowest BCUT2D eigenvalue weighted by molar-refractivity contribution is 0.0617. The molecule has 0 aliphatic carbocycles. The number of hydrogen-bond donors (Lipinski definition) is 1. The van der Waals surface area contributed by atoms with Crippen LogP contribution in [0.25, 0.3) is 0 Å². The molecule has 0 saturated carbocycles. The van der Waals surface area contributed by atoms with Crippen LogP contribution in [0.15, 0.2) is 0 Å². The molecule has 0 aromatic heterocycles. The van der Waals surface area contributed by atoms with E-state index in [2.05, 4.69) is 36.4 Å². The number of hydrogen-bond acceptors (Lipinski definition) is 1. The van der Waals surface area contributed by atoms with Gasteiger partial charge in [0, 0.05) is 3.42 Å². The molecule has 2 heteroatoms. The maximum Gasteiger partial charge on any atom is 0.0604 e. The van der Waals surface area contributed by atoms with Crippen LogP contribution < -0.4 is 0 Å². The lowest BCUT2D eigenvalue weighted by Crippen LogP contribution is -2.30. The first kappa shape index (κ1) is 16.7. The molecule has 98 valence electrons. The average molecular weight is 340 g/mol. The van der Waals surface area contributed by atoms with Crippen molar-refractivity contribution in [2.24, 2.45) is 0 Å². The number of alkyl halides is 1. The summed E-state index contributed by atoms with van der Waals surface area (Å²) in [5.41, 5.74) is -0.530. The summed E-state index contributed by atoms with van der Waals surface area (Å²) >= 11 is 2.51. The van der Waals surface area contributed by atoms with E-state index >= 15 is 0 Å². The molecular formula is C14H29IO. The molecule has 1 unspecified atom stereocenters. The van der Waals surface area contributed by atoms with Crippen molar-refractivity contribution in [2.45, 2.75) is 88.1 Å². The predicted molar refractivity (Wildman–Crippen MR) is 81.3 cm³/mol. The van der Waals surface area contributed by atoms with Crippen LogP contribution in [-0.2, 0) is 0 Å². The van der Waals surface area contributed by atoms with Gasteiger partial charge in [0.1, 0.15) is 0 Å². The first-order chi connectivity index (χ1) is 7.27. The molecule has 0 aliphatic rings. The minimum absolute atomic E-state index is 0.251. The van der Waals surface area contributed by atoms with Crippen LogP contribution in [0.3, 0.4) is 0 Å². The van der Waals surface area contributed by atoms with Crippen LogP contribution in [0.5, 0.6) is 0 Å². The fourth-order valence-corrected chi connectivity index (χ4v) is 3.58. The lowest BCUT2D eigenvalue weighted by atomic mass is 9.90. The van der Waals surface area contributed by atoms with Gasteiger partial charge in [-0.1, -0.05) is 75.0 Å². The van der Waals surface area contributed by atoms with Gasteiger partial charge in [-0.25, -0.2) is 0 Å². The normalized spacial score (nSPS) is 16.1. The highest BCUT2D eigenvalue weighted by Gasteiger charge is 2.27. The third kappa shape index (κ3) is 11.2. The minimum atomic E-state index is -0.530. The van der Waals surface area contributed by atoms with E-state index in [-0.39, 0.29) is 3.42 Å². The Hall–Kier alpha value is 0.690. The van der Waals surface area contributed by atoms with Gasteiger partial charge >= 0.3 is 0 Å². The summed E-state index contributed by atoms with van der Waals surface area (Å²) in [6.45, 7) is 8.33. The van der Waals surface area contributed by atoms with E-state index in [0.717, 1.165) is 6.42 Å². The third-order valence-electron chi connectivity index (χ3n) is 2.85. The molecular weight excluding hydrogens is 311 g/mol. The van der Waals surface area contributed by atoms with Gasteiger partial charge < -0.3 is 5.11 Å². The van der Waals surface area contributed by atoms with Crippen molar-refractivity contribution in [1.82, 2.24) is 0 Å². The fraction of sp³-hybridized carbons (Fsp3) is 1.00. The van der Waals surface area contributed by atoms with Crippen molar-refractivity contribution < 1.29 is 5.11 Å². The molecule has 0 amide bonds. The Balaban J connectivity index is 3.58. The molecule has 0 aromatic rings. The zero-order valence-corrected chi connectivity index (χ0v) is 13.6. The van der Waals surface area contributed by atoms with Gasteiger partial charge in [0.25, 0.3) is 0 Å². The lowest BCUT2D eigenvalue weighted by Gasteiger charge is -2.29. The monoisotopic (exact) mass is 340 g/mol. The molecule has 16 heavy (non-hydrogen) atoms. The molecule has 0 rings (SSSR count). The van der Waals surface area contributed by atoms with E-state index < -0.39 is 5.60 Å². The first-order valence-electron chi connectivity index (χ1n) is 6.68. The Morgan fingerprint density at radius 2 is 1.44 bits per heavy atom. The third-order valence-corrected chi connectivity index (χ3v) is 3.77. The molecule has 0 aliphatic heterocycles. The molecule has 1 nitrogen and oxygen atoms in total. The second-order valence-corrected chi connectivity index (χ2v) is 8.52. The summed E-state index contributed by atoms with van der Waals surface area (Å²) in [5, 5.41) is 9.82. The predicted octanol–water partition coefficient (Wildman–Crippen LogP) is 5.09. The van der Waals surface area contributed by atoms with Gasteiger partial charge in [-0.2, -0.15) is 0 Å². The Morgan fingerprint density at radius 1 is 0.938 bits per heavy atom. The molecule has 0 saturated heterocycles. The van der Waals surface area contributed by atoms with Crippen molar-refractivity contribution in [1.29, 1.82) is 0 Å². The zero-order valence-electron chi connectivity index (χ0n) is 11.5. The van der Waals surface area contributed by atoms with Crippen molar-refractivity contribution in [3.63, 3.8) is 0 Å². The minimum Gasteiger partial charge on any atom is -0.390 e.